The first-order valence-corrected chi connectivity index (χ1v) is 13.2. The zero-order chi connectivity index (χ0) is 25.4. The molecular weight excluding hydrogens is 490 g/mol. The van der Waals surface area contributed by atoms with E-state index in [0.717, 1.165) is 48.0 Å². The number of allylic oxidation sites excluding steroid dienone is 1. The first-order chi connectivity index (χ1) is 18.0. The number of hydrogen-bond acceptors (Lipinski definition) is 7. The minimum absolute atomic E-state index is 0.0421. The summed E-state index contributed by atoms with van der Waals surface area (Å²) in [5.41, 5.74) is 3.48. The molecule has 0 radical (unpaired) electrons. The van der Waals surface area contributed by atoms with Gasteiger partial charge in [0.2, 0.25) is 5.88 Å². The number of ether oxygens (including phenoxy) is 2. The van der Waals surface area contributed by atoms with Gasteiger partial charge in [0.15, 0.2) is 18.2 Å². The van der Waals surface area contributed by atoms with Crippen molar-refractivity contribution in [3.63, 3.8) is 0 Å². The van der Waals surface area contributed by atoms with E-state index in [1.807, 2.05) is 24.3 Å². The van der Waals surface area contributed by atoms with Gasteiger partial charge in [-0.25, -0.2) is 9.97 Å². The maximum atomic E-state index is 11.7. The Kier molecular flexibility index (Phi) is 6.46. The highest BCUT2D eigenvalue weighted by atomic mass is 35.5. The Morgan fingerprint density at radius 2 is 2.03 bits per heavy atom. The van der Waals surface area contributed by atoms with Crippen molar-refractivity contribution in [2.75, 3.05) is 19.0 Å². The number of fused-ring (bicyclic) bond motifs is 6. The molecule has 192 valence electrons. The number of hydrogen-bond donors (Lipinski definition) is 2. The second-order valence-corrected chi connectivity index (χ2v) is 10.7. The second kappa shape index (κ2) is 9.91. The molecule has 1 atom stereocenters. The van der Waals surface area contributed by atoms with Crippen LogP contribution >= 0.6 is 11.6 Å². The maximum absolute atomic E-state index is 11.7. The van der Waals surface area contributed by atoms with Crippen LogP contribution in [0.2, 0.25) is 5.02 Å². The van der Waals surface area contributed by atoms with E-state index in [0.29, 0.717) is 40.9 Å². The molecule has 4 aliphatic rings. The molecule has 3 fully saturated rings. The van der Waals surface area contributed by atoms with Gasteiger partial charge in [0, 0.05) is 29.9 Å². The lowest BCUT2D eigenvalue weighted by atomic mass is 9.76. The number of carbonyl (C=O) groups is 1. The van der Waals surface area contributed by atoms with Gasteiger partial charge in [-0.05, 0) is 68.6 Å². The van der Waals surface area contributed by atoms with E-state index in [1.165, 1.54) is 12.8 Å². The smallest absolute Gasteiger partial charge is 0.263 e. The fourth-order valence-corrected chi connectivity index (χ4v) is 6.19. The third kappa shape index (κ3) is 4.88. The van der Waals surface area contributed by atoms with Gasteiger partial charge in [0.05, 0.1) is 23.3 Å². The molecule has 0 aromatic carbocycles. The number of rotatable bonds is 6. The lowest BCUT2D eigenvalue weighted by Gasteiger charge is -2.38. The number of aromatic nitrogens is 3. The normalized spacial score (nSPS) is 25.0. The molecule has 0 saturated heterocycles. The van der Waals surface area contributed by atoms with Crippen molar-refractivity contribution in [3.05, 3.63) is 52.8 Å². The first kappa shape index (κ1) is 24.1. The zero-order valence-corrected chi connectivity index (χ0v) is 21.6. The van der Waals surface area contributed by atoms with Crippen molar-refractivity contribution in [1.29, 1.82) is 0 Å². The van der Waals surface area contributed by atoms with E-state index in [-0.39, 0.29) is 18.1 Å². The molecule has 7 rings (SSSR count). The zero-order valence-electron chi connectivity index (χ0n) is 20.8. The number of nitrogens with zero attached hydrogens (tertiary/aromatic N) is 3. The standard InChI is InChI=1S/C28H30ClN5O3/c1-36-25-7-5-22-26(34-25)20(21(29)15-30-22)4-2-17-8-11-28(12-9-18(17)10-13-28)31-14-19-3-6-23-27(32-19)33-24(35)16-37-23/h2-7,15,17-18,31H,8-14,16H2,1H3,(H,32,33,35). The van der Waals surface area contributed by atoms with E-state index < -0.39 is 0 Å². The fourth-order valence-electron chi connectivity index (χ4n) is 5.99. The van der Waals surface area contributed by atoms with Crippen LogP contribution in [0.1, 0.15) is 49.8 Å². The van der Waals surface area contributed by atoms with E-state index >= 15 is 0 Å². The molecule has 37 heavy (non-hydrogen) atoms. The van der Waals surface area contributed by atoms with Crippen LogP contribution in [0.5, 0.6) is 11.6 Å². The van der Waals surface area contributed by atoms with Crippen LogP contribution in [-0.4, -0.2) is 40.1 Å². The van der Waals surface area contributed by atoms with Gasteiger partial charge in [-0.1, -0.05) is 23.8 Å². The highest BCUT2D eigenvalue weighted by Gasteiger charge is 2.40. The molecule has 3 aliphatic carbocycles. The molecule has 4 heterocycles. The highest BCUT2D eigenvalue weighted by molar-refractivity contribution is 6.32. The van der Waals surface area contributed by atoms with Crippen LogP contribution in [0.15, 0.2) is 36.5 Å². The lowest BCUT2D eigenvalue weighted by molar-refractivity contribution is -0.118. The number of halogens is 1. The molecule has 2 N–H and O–H groups in total. The lowest BCUT2D eigenvalue weighted by Crippen LogP contribution is -2.46. The van der Waals surface area contributed by atoms with Crippen LogP contribution in [0, 0.1) is 11.8 Å². The molecule has 3 saturated carbocycles. The summed E-state index contributed by atoms with van der Waals surface area (Å²) in [6.07, 6.45) is 13.1. The van der Waals surface area contributed by atoms with Crippen LogP contribution in [-0.2, 0) is 11.3 Å². The van der Waals surface area contributed by atoms with Gasteiger partial charge in [-0.2, -0.15) is 0 Å². The third-order valence-electron chi connectivity index (χ3n) is 8.12. The number of methoxy groups -OCH3 is 1. The Morgan fingerprint density at radius 3 is 2.86 bits per heavy atom. The summed E-state index contributed by atoms with van der Waals surface area (Å²) in [7, 11) is 1.61. The van der Waals surface area contributed by atoms with Crippen LogP contribution in [0.25, 0.3) is 17.1 Å². The van der Waals surface area contributed by atoms with Crippen molar-refractivity contribution >= 4 is 40.4 Å². The predicted octanol–water partition coefficient (Wildman–Crippen LogP) is 5.16. The average molecular weight is 520 g/mol. The SMILES string of the molecule is COc1ccc2ncc(Cl)c(C=CC3CCC4(NCc5ccc6c(n5)NC(=O)CO6)CCC3CC4)c2n1. The summed E-state index contributed by atoms with van der Waals surface area (Å²) in [5, 5.41) is 7.24. The summed E-state index contributed by atoms with van der Waals surface area (Å²) >= 11 is 6.56. The predicted molar refractivity (Wildman–Crippen MR) is 143 cm³/mol. The van der Waals surface area contributed by atoms with Gasteiger partial charge in [-0.15, -0.1) is 0 Å². The van der Waals surface area contributed by atoms with E-state index in [2.05, 4.69) is 37.7 Å². The van der Waals surface area contributed by atoms with Crippen molar-refractivity contribution in [1.82, 2.24) is 20.3 Å². The monoisotopic (exact) mass is 519 g/mol. The van der Waals surface area contributed by atoms with Crippen molar-refractivity contribution in [2.24, 2.45) is 11.8 Å². The van der Waals surface area contributed by atoms with Gasteiger partial charge < -0.3 is 20.1 Å². The largest absolute Gasteiger partial charge is 0.481 e. The molecule has 1 amide bonds. The molecule has 0 spiro atoms. The van der Waals surface area contributed by atoms with Crippen molar-refractivity contribution in [2.45, 2.75) is 50.6 Å². The van der Waals surface area contributed by atoms with E-state index in [4.69, 9.17) is 21.1 Å². The summed E-state index contributed by atoms with van der Waals surface area (Å²) in [4.78, 5) is 25.3. The number of pyridine rings is 3. The Labute approximate surface area is 220 Å². The molecule has 2 bridgehead atoms. The number of amides is 1. The Hall–Kier alpha value is -3.23. The quantitative estimate of drug-likeness (QED) is 0.464. The molecule has 1 aliphatic heterocycles. The fraction of sp³-hybridized carbons (Fsp3) is 0.429. The van der Waals surface area contributed by atoms with Crippen molar-refractivity contribution in [3.8, 4) is 11.6 Å². The highest BCUT2D eigenvalue weighted by Crippen LogP contribution is 2.46. The summed E-state index contributed by atoms with van der Waals surface area (Å²) in [6.45, 7) is 0.709. The maximum Gasteiger partial charge on any atom is 0.263 e. The van der Waals surface area contributed by atoms with E-state index in [9.17, 15) is 4.79 Å². The van der Waals surface area contributed by atoms with Gasteiger partial charge in [0.25, 0.3) is 5.91 Å². The number of carbonyl (C=O) groups excluding carboxylic acids is 1. The van der Waals surface area contributed by atoms with Crippen LogP contribution in [0.4, 0.5) is 5.82 Å². The second-order valence-electron chi connectivity index (χ2n) is 10.3. The summed E-state index contributed by atoms with van der Waals surface area (Å²) in [5.74, 6) is 2.68. The minimum Gasteiger partial charge on any atom is -0.481 e. The Bertz CT molecular complexity index is 1370. The molecular formula is C28H30ClN5O3. The van der Waals surface area contributed by atoms with Gasteiger partial charge in [-0.3, -0.25) is 9.78 Å². The summed E-state index contributed by atoms with van der Waals surface area (Å²) in [6, 6.07) is 7.59. The minimum atomic E-state index is -0.166. The topological polar surface area (TPSA) is 98.3 Å². The Balaban J connectivity index is 1.16. The Morgan fingerprint density at radius 1 is 1.19 bits per heavy atom. The average Bonchev–Trinajstić information content (AvgIpc) is 3.20. The van der Waals surface area contributed by atoms with E-state index in [1.54, 1.807) is 13.3 Å². The first-order valence-electron chi connectivity index (χ1n) is 12.9. The molecule has 3 aromatic heterocycles. The van der Waals surface area contributed by atoms with Crippen LogP contribution in [0.3, 0.4) is 0 Å². The summed E-state index contributed by atoms with van der Waals surface area (Å²) < 4.78 is 10.8. The van der Waals surface area contributed by atoms with Crippen LogP contribution < -0.4 is 20.1 Å². The number of anilines is 1. The molecule has 8 nitrogen and oxygen atoms in total. The third-order valence-corrected chi connectivity index (χ3v) is 8.42. The van der Waals surface area contributed by atoms with Crippen molar-refractivity contribution < 1.29 is 14.3 Å². The molecule has 9 heteroatoms. The molecule has 1 unspecified atom stereocenters. The van der Waals surface area contributed by atoms with Gasteiger partial charge in [0.1, 0.15) is 5.52 Å². The number of nitrogens with one attached hydrogen (secondary N) is 2. The molecule has 3 aromatic rings. The van der Waals surface area contributed by atoms with Gasteiger partial charge >= 0.3 is 0 Å².